The molecule has 5 aromatic rings. The number of rotatable bonds is 5. The highest BCUT2D eigenvalue weighted by atomic mass is 35.5. The van der Waals surface area contributed by atoms with Gasteiger partial charge < -0.3 is 14.3 Å². The van der Waals surface area contributed by atoms with Crippen LogP contribution in [-0.2, 0) is 0 Å². The summed E-state index contributed by atoms with van der Waals surface area (Å²) in [6.07, 6.45) is 3.31. The third kappa shape index (κ3) is 4.37. The Morgan fingerprint density at radius 3 is 2.61 bits per heavy atom. The van der Waals surface area contributed by atoms with Crippen molar-refractivity contribution in [1.29, 1.82) is 0 Å². The minimum absolute atomic E-state index is 0.132. The number of para-hydroxylation sites is 1. The number of hydrogen-bond donors (Lipinski definition) is 1. The Morgan fingerprint density at radius 2 is 1.79 bits per heavy atom. The minimum Gasteiger partial charge on any atom is -0.451 e. The number of carbonyl (C=O) groups is 1. The summed E-state index contributed by atoms with van der Waals surface area (Å²) in [5.74, 6) is 0.857. The van der Waals surface area contributed by atoms with E-state index in [1.165, 1.54) is 0 Å². The molecule has 1 N–H and O–H groups in total. The van der Waals surface area contributed by atoms with Crippen LogP contribution in [-0.4, -0.2) is 21.0 Å². The van der Waals surface area contributed by atoms with Gasteiger partial charge in [0.1, 0.15) is 5.76 Å². The summed E-state index contributed by atoms with van der Waals surface area (Å²) in [4.78, 5) is 21.4. The third-order valence-corrected chi connectivity index (χ3v) is 5.52. The Balaban J connectivity index is 1.39. The summed E-state index contributed by atoms with van der Waals surface area (Å²) in [7, 11) is 0. The van der Waals surface area contributed by atoms with Crippen LogP contribution < -0.4 is 5.32 Å². The first kappa shape index (κ1) is 20.9. The number of nitrogens with one attached hydrogen (secondary N) is 1. The second kappa shape index (κ2) is 8.90. The fourth-order valence-corrected chi connectivity index (χ4v) is 3.47. The van der Waals surface area contributed by atoms with Crippen LogP contribution in [0.3, 0.4) is 0 Å². The van der Waals surface area contributed by atoms with Crippen LogP contribution >= 0.6 is 23.2 Å². The van der Waals surface area contributed by atoms with Crippen LogP contribution in [0.5, 0.6) is 0 Å². The molecule has 0 aliphatic carbocycles. The van der Waals surface area contributed by atoms with Gasteiger partial charge in [-0.05, 0) is 54.6 Å². The van der Waals surface area contributed by atoms with E-state index in [9.17, 15) is 4.79 Å². The van der Waals surface area contributed by atoms with Crippen LogP contribution in [0.1, 0.15) is 10.6 Å². The second-order valence-electron chi connectivity index (χ2n) is 6.96. The third-order valence-electron chi connectivity index (χ3n) is 4.79. The molecule has 5 rings (SSSR count). The Hall–Kier alpha value is -3.94. The molecule has 0 aliphatic heterocycles. The quantitative estimate of drug-likeness (QED) is 0.306. The first-order valence-corrected chi connectivity index (χ1v) is 10.5. The van der Waals surface area contributed by atoms with Crippen molar-refractivity contribution in [1.82, 2.24) is 15.1 Å². The lowest BCUT2D eigenvalue weighted by Gasteiger charge is -2.07. The molecule has 0 fully saturated rings. The number of anilines is 1. The molecule has 2 aromatic carbocycles. The highest BCUT2D eigenvalue weighted by molar-refractivity contribution is 6.42. The second-order valence-corrected chi connectivity index (χ2v) is 7.77. The molecule has 162 valence electrons. The number of benzene rings is 2. The SMILES string of the molecule is O=C(Nc1ccccc1-c1nc(-c2cccnc2)no1)c1ccc(-c2ccc(Cl)c(Cl)c2)o1. The van der Waals surface area contributed by atoms with E-state index in [2.05, 4.69) is 20.4 Å². The Bertz CT molecular complexity index is 1450. The number of carbonyl (C=O) groups excluding carboxylic acids is 1. The van der Waals surface area contributed by atoms with Gasteiger partial charge in [0.25, 0.3) is 11.8 Å². The van der Waals surface area contributed by atoms with Gasteiger partial charge in [0.05, 0.1) is 21.3 Å². The van der Waals surface area contributed by atoms with Crippen LogP contribution in [0, 0.1) is 0 Å². The average molecular weight is 477 g/mol. The zero-order chi connectivity index (χ0) is 22.8. The molecule has 7 nitrogen and oxygen atoms in total. The molecule has 0 saturated carbocycles. The molecule has 33 heavy (non-hydrogen) atoms. The lowest BCUT2D eigenvalue weighted by atomic mass is 10.1. The number of halogens is 2. The molecule has 3 heterocycles. The number of amides is 1. The van der Waals surface area contributed by atoms with Crippen molar-refractivity contribution in [2.24, 2.45) is 0 Å². The molecule has 0 atom stereocenters. The summed E-state index contributed by atoms with van der Waals surface area (Å²) in [6.45, 7) is 0. The van der Waals surface area contributed by atoms with E-state index in [1.54, 1.807) is 67.0 Å². The minimum atomic E-state index is -0.430. The molecule has 0 spiro atoms. The standard InChI is InChI=1S/C24H14Cl2N4O3/c25-17-8-7-14(12-18(17)26)20-9-10-21(32-20)23(31)28-19-6-2-1-5-16(19)24-29-22(30-33-24)15-4-3-11-27-13-15/h1-13H,(H,28,31). The van der Waals surface area contributed by atoms with Gasteiger partial charge in [-0.25, -0.2) is 0 Å². The molecule has 0 radical (unpaired) electrons. The summed E-state index contributed by atoms with van der Waals surface area (Å²) >= 11 is 12.0. The van der Waals surface area contributed by atoms with Gasteiger partial charge in [-0.1, -0.05) is 40.5 Å². The van der Waals surface area contributed by atoms with Gasteiger partial charge in [-0.15, -0.1) is 0 Å². The topological polar surface area (TPSA) is 94.1 Å². The fourth-order valence-electron chi connectivity index (χ4n) is 3.17. The van der Waals surface area contributed by atoms with Crippen molar-refractivity contribution in [2.75, 3.05) is 5.32 Å². The summed E-state index contributed by atoms with van der Waals surface area (Å²) in [5.41, 5.74) is 2.50. The van der Waals surface area contributed by atoms with E-state index in [4.69, 9.17) is 32.1 Å². The lowest BCUT2D eigenvalue weighted by molar-refractivity contribution is 0.0997. The molecule has 1 amide bonds. The molecule has 0 unspecified atom stereocenters. The highest BCUT2D eigenvalue weighted by Crippen LogP contribution is 2.31. The van der Waals surface area contributed by atoms with Crippen molar-refractivity contribution < 1.29 is 13.7 Å². The summed E-state index contributed by atoms with van der Waals surface area (Å²) in [6, 6.07) is 19.1. The van der Waals surface area contributed by atoms with Gasteiger partial charge in [0, 0.05) is 23.5 Å². The normalized spacial score (nSPS) is 10.8. The van der Waals surface area contributed by atoms with Gasteiger partial charge in [-0.3, -0.25) is 9.78 Å². The van der Waals surface area contributed by atoms with E-state index >= 15 is 0 Å². The molecule has 0 bridgehead atoms. The highest BCUT2D eigenvalue weighted by Gasteiger charge is 2.18. The van der Waals surface area contributed by atoms with Crippen LogP contribution in [0.4, 0.5) is 5.69 Å². The molecule has 3 aromatic heterocycles. The van der Waals surface area contributed by atoms with Crippen molar-refractivity contribution in [3.63, 3.8) is 0 Å². The molecule has 0 saturated heterocycles. The van der Waals surface area contributed by atoms with Crippen molar-refractivity contribution in [2.45, 2.75) is 0 Å². The van der Waals surface area contributed by atoms with Crippen molar-refractivity contribution in [3.05, 3.63) is 94.9 Å². The van der Waals surface area contributed by atoms with E-state index in [0.717, 1.165) is 5.56 Å². The maximum Gasteiger partial charge on any atom is 0.291 e. The van der Waals surface area contributed by atoms with Crippen LogP contribution in [0.25, 0.3) is 34.2 Å². The Kier molecular flexibility index (Phi) is 5.64. The number of nitrogens with zero attached hydrogens (tertiary/aromatic N) is 3. The predicted molar refractivity (Wildman–Crippen MR) is 125 cm³/mol. The zero-order valence-electron chi connectivity index (χ0n) is 16.8. The van der Waals surface area contributed by atoms with E-state index in [0.29, 0.717) is 38.4 Å². The Morgan fingerprint density at radius 1 is 0.909 bits per heavy atom. The molecule has 0 aliphatic rings. The maximum absolute atomic E-state index is 12.9. The Labute approximate surface area is 198 Å². The van der Waals surface area contributed by atoms with Crippen molar-refractivity contribution >= 4 is 34.8 Å². The number of aromatic nitrogens is 3. The monoisotopic (exact) mass is 476 g/mol. The first-order chi connectivity index (χ1) is 16.1. The average Bonchev–Trinajstić information content (AvgIpc) is 3.52. The number of pyridine rings is 1. The van der Waals surface area contributed by atoms with Crippen LogP contribution in [0.15, 0.2) is 88.1 Å². The first-order valence-electron chi connectivity index (χ1n) is 9.78. The predicted octanol–water partition coefficient (Wildman–Crippen LogP) is 6.62. The summed E-state index contributed by atoms with van der Waals surface area (Å²) in [5, 5.41) is 7.69. The van der Waals surface area contributed by atoms with Gasteiger partial charge in [0.15, 0.2) is 5.76 Å². The van der Waals surface area contributed by atoms with Gasteiger partial charge in [0.2, 0.25) is 5.82 Å². The van der Waals surface area contributed by atoms with Crippen LogP contribution in [0.2, 0.25) is 10.0 Å². The van der Waals surface area contributed by atoms with Gasteiger partial charge >= 0.3 is 0 Å². The largest absolute Gasteiger partial charge is 0.451 e. The number of hydrogen-bond acceptors (Lipinski definition) is 6. The maximum atomic E-state index is 12.9. The molecular formula is C24H14Cl2N4O3. The number of furan rings is 1. The van der Waals surface area contributed by atoms with Crippen molar-refractivity contribution in [3.8, 4) is 34.2 Å². The molecular weight excluding hydrogens is 463 g/mol. The zero-order valence-corrected chi connectivity index (χ0v) is 18.3. The fraction of sp³-hybridized carbons (Fsp3) is 0. The van der Waals surface area contributed by atoms with Gasteiger partial charge in [-0.2, -0.15) is 4.98 Å². The van der Waals surface area contributed by atoms with E-state index < -0.39 is 5.91 Å². The smallest absolute Gasteiger partial charge is 0.291 e. The summed E-state index contributed by atoms with van der Waals surface area (Å²) < 4.78 is 11.2. The lowest BCUT2D eigenvalue weighted by Crippen LogP contribution is -2.11. The van der Waals surface area contributed by atoms with E-state index in [1.807, 2.05) is 12.1 Å². The molecule has 9 heteroatoms. The van der Waals surface area contributed by atoms with E-state index in [-0.39, 0.29) is 11.7 Å².